The van der Waals surface area contributed by atoms with Crippen molar-refractivity contribution in [2.45, 2.75) is 25.2 Å². The van der Waals surface area contributed by atoms with Crippen molar-refractivity contribution in [3.63, 3.8) is 0 Å². The third-order valence-corrected chi connectivity index (χ3v) is 3.87. The molecule has 1 aliphatic rings. The van der Waals surface area contributed by atoms with Gasteiger partial charge >= 0.3 is 0 Å². The Hall–Kier alpha value is -2.56. The van der Waals surface area contributed by atoms with Gasteiger partial charge in [-0.05, 0) is 30.0 Å². The molecule has 3 aromatic rings. The van der Waals surface area contributed by atoms with Crippen LogP contribution in [0.5, 0.6) is 0 Å². The van der Waals surface area contributed by atoms with Gasteiger partial charge in [-0.15, -0.1) is 0 Å². The molecule has 0 aromatic carbocycles. The quantitative estimate of drug-likeness (QED) is 0.721. The van der Waals surface area contributed by atoms with E-state index in [0.29, 0.717) is 11.8 Å². The van der Waals surface area contributed by atoms with Gasteiger partial charge in [-0.3, -0.25) is 4.98 Å². The molecule has 0 radical (unpaired) electrons. The lowest BCUT2D eigenvalue weighted by molar-refractivity contribution is 0.463. The fraction of sp³-hybridized carbons (Fsp3) is 0.250. The van der Waals surface area contributed by atoms with Gasteiger partial charge in [0, 0.05) is 31.4 Å². The smallest absolute Gasteiger partial charge is 0.245 e. The van der Waals surface area contributed by atoms with Gasteiger partial charge in [0.15, 0.2) is 0 Å². The van der Waals surface area contributed by atoms with Crippen molar-refractivity contribution < 1.29 is 4.42 Å². The summed E-state index contributed by atoms with van der Waals surface area (Å²) < 4.78 is 5.87. The standard InChI is InChI=1S/C16H14N4O/c1-2-6-19-13(3-1)16-20-14-7-11(4-5-15(14)21-16)12-8-17-10-18-9-12/h1-3,6,8-11H,4-5,7H2. The van der Waals surface area contributed by atoms with Crippen molar-refractivity contribution in [3.8, 4) is 11.6 Å². The molecule has 0 aliphatic heterocycles. The highest BCUT2D eigenvalue weighted by molar-refractivity contribution is 5.47. The van der Waals surface area contributed by atoms with Gasteiger partial charge in [-0.2, -0.15) is 0 Å². The molecule has 1 atom stereocenters. The van der Waals surface area contributed by atoms with Gasteiger partial charge in [-0.1, -0.05) is 6.07 Å². The highest BCUT2D eigenvalue weighted by Gasteiger charge is 2.26. The highest BCUT2D eigenvalue weighted by atomic mass is 16.4. The molecular weight excluding hydrogens is 264 g/mol. The number of oxazole rings is 1. The second-order valence-electron chi connectivity index (χ2n) is 5.22. The summed E-state index contributed by atoms with van der Waals surface area (Å²) in [4.78, 5) is 17.1. The first kappa shape index (κ1) is 12.2. The Bertz CT molecular complexity index is 739. The number of fused-ring (bicyclic) bond motifs is 1. The second kappa shape index (κ2) is 5.09. The van der Waals surface area contributed by atoms with Crippen molar-refractivity contribution in [1.29, 1.82) is 0 Å². The third-order valence-electron chi connectivity index (χ3n) is 3.87. The number of rotatable bonds is 2. The fourth-order valence-electron chi connectivity index (χ4n) is 2.78. The predicted molar refractivity (Wildman–Crippen MR) is 76.5 cm³/mol. The number of nitrogens with zero attached hydrogens (tertiary/aromatic N) is 4. The van der Waals surface area contributed by atoms with Crippen LogP contribution in [0.15, 0.2) is 47.5 Å². The molecule has 5 nitrogen and oxygen atoms in total. The zero-order valence-electron chi connectivity index (χ0n) is 11.4. The van der Waals surface area contributed by atoms with E-state index in [1.54, 1.807) is 12.5 Å². The Morgan fingerprint density at radius 3 is 2.86 bits per heavy atom. The molecule has 3 heterocycles. The Kier molecular flexibility index (Phi) is 2.96. The minimum absolute atomic E-state index is 0.417. The van der Waals surface area contributed by atoms with E-state index in [2.05, 4.69) is 19.9 Å². The van der Waals surface area contributed by atoms with E-state index in [-0.39, 0.29) is 0 Å². The molecule has 0 N–H and O–H groups in total. The Balaban J connectivity index is 1.63. The van der Waals surface area contributed by atoms with Crippen molar-refractivity contribution in [1.82, 2.24) is 19.9 Å². The molecule has 0 saturated heterocycles. The first-order valence-corrected chi connectivity index (χ1v) is 7.05. The maximum Gasteiger partial charge on any atom is 0.245 e. The summed E-state index contributed by atoms with van der Waals surface area (Å²) >= 11 is 0. The molecule has 0 bridgehead atoms. The maximum absolute atomic E-state index is 5.87. The zero-order chi connectivity index (χ0) is 14.1. The number of hydrogen-bond donors (Lipinski definition) is 0. The summed E-state index contributed by atoms with van der Waals surface area (Å²) in [5.74, 6) is 2.02. The first-order chi connectivity index (χ1) is 10.4. The molecule has 0 amide bonds. The molecule has 1 unspecified atom stereocenters. The lowest BCUT2D eigenvalue weighted by Crippen LogP contribution is -2.12. The summed E-state index contributed by atoms with van der Waals surface area (Å²) in [5, 5.41) is 0. The van der Waals surface area contributed by atoms with Crippen molar-refractivity contribution in [3.05, 3.63) is 60.1 Å². The monoisotopic (exact) mass is 278 g/mol. The number of pyridine rings is 1. The van der Waals surface area contributed by atoms with E-state index in [4.69, 9.17) is 4.42 Å². The molecular formula is C16H14N4O. The van der Waals surface area contributed by atoms with Crippen LogP contribution in [-0.2, 0) is 12.8 Å². The van der Waals surface area contributed by atoms with Crippen LogP contribution in [0.25, 0.3) is 11.6 Å². The average molecular weight is 278 g/mol. The minimum atomic E-state index is 0.417. The minimum Gasteiger partial charge on any atom is -0.440 e. The Morgan fingerprint density at radius 1 is 1.14 bits per heavy atom. The highest BCUT2D eigenvalue weighted by Crippen LogP contribution is 2.33. The zero-order valence-corrected chi connectivity index (χ0v) is 11.4. The number of hydrogen-bond acceptors (Lipinski definition) is 5. The summed E-state index contributed by atoms with van der Waals surface area (Å²) in [6, 6.07) is 5.74. The number of aryl methyl sites for hydroxylation is 1. The van der Waals surface area contributed by atoms with Gasteiger partial charge in [0.1, 0.15) is 17.8 Å². The van der Waals surface area contributed by atoms with Crippen LogP contribution in [0, 0.1) is 0 Å². The van der Waals surface area contributed by atoms with Crippen LogP contribution in [0.1, 0.15) is 29.4 Å². The van der Waals surface area contributed by atoms with E-state index in [9.17, 15) is 0 Å². The lowest BCUT2D eigenvalue weighted by atomic mass is 9.86. The Morgan fingerprint density at radius 2 is 2.05 bits per heavy atom. The van der Waals surface area contributed by atoms with E-state index in [1.165, 1.54) is 5.56 Å². The molecule has 0 saturated carbocycles. The van der Waals surface area contributed by atoms with Crippen LogP contribution in [0.3, 0.4) is 0 Å². The molecule has 104 valence electrons. The normalized spacial score (nSPS) is 17.4. The van der Waals surface area contributed by atoms with Crippen molar-refractivity contribution in [2.24, 2.45) is 0 Å². The van der Waals surface area contributed by atoms with Crippen LogP contribution in [-0.4, -0.2) is 19.9 Å². The molecule has 1 aliphatic carbocycles. The average Bonchev–Trinajstić information content (AvgIpc) is 2.99. The van der Waals surface area contributed by atoms with E-state index in [0.717, 1.165) is 36.4 Å². The van der Waals surface area contributed by atoms with E-state index in [1.807, 2.05) is 30.6 Å². The molecule has 3 aromatic heterocycles. The van der Waals surface area contributed by atoms with Gasteiger partial charge in [-0.25, -0.2) is 15.0 Å². The summed E-state index contributed by atoms with van der Waals surface area (Å²) in [6.07, 6.45) is 9.91. The summed E-state index contributed by atoms with van der Waals surface area (Å²) in [7, 11) is 0. The summed E-state index contributed by atoms with van der Waals surface area (Å²) in [5.41, 5.74) is 2.99. The van der Waals surface area contributed by atoms with Gasteiger partial charge < -0.3 is 4.42 Å². The second-order valence-corrected chi connectivity index (χ2v) is 5.22. The van der Waals surface area contributed by atoms with E-state index >= 15 is 0 Å². The number of aromatic nitrogens is 4. The third kappa shape index (κ3) is 2.31. The molecule has 5 heteroatoms. The van der Waals surface area contributed by atoms with Crippen molar-refractivity contribution >= 4 is 0 Å². The van der Waals surface area contributed by atoms with Crippen LogP contribution in [0.4, 0.5) is 0 Å². The van der Waals surface area contributed by atoms with Gasteiger partial charge in [0.2, 0.25) is 5.89 Å². The largest absolute Gasteiger partial charge is 0.440 e. The van der Waals surface area contributed by atoms with Crippen LogP contribution < -0.4 is 0 Å². The molecule has 4 rings (SSSR count). The van der Waals surface area contributed by atoms with Crippen LogP contribution in [0.2, 0.25) is 0 Å². The van der Waals surface area contributed by atoms with Gasteiger partial charge in [0.25, 0.3) is 0 Å². The van der Waals surface area contributed by atoms with Crippen molar-refractivity contribution in [2.75, 3.05) is 0 Å². The topological polar surface area (TPSA) is 64.7 Å². The maximum atomic E-state index is 5.87. The predicted octanol–water partition coefficient (Wildman–Crippen LogP) is 2.80. The summed E-state index contributed by atoms with van der Waals surface area (Å²) in [6.45, 7) is 0. The molecule has 0 fully saturated rings. The fourth-order valence-corrected chi connectivity index (χ4v) is 2.78. The van der Waals surface area contributed by atoms with E-state index < -0.39 is 0 Å². The molecule has 0 spiro atoms. The Labute approximate surface area is 122 Å². The lowest BCUT2D eigenvalue weighted by Gasteiger charge is -2.19. The SMILES string of the molecule is c1ccc(-c2nc3c(o2)CCC(c2cncnc2)C3)nc1. The first-order valence-electron chi connectivity index (χ1n) is 7.05. The van der Waals surface area contributed by atoms with Gasteiger partial charge in [0.05, 0.1) is 5.69 Å². The van der Waals surface area contributed by atoms with Crippen LogP contribution >= 0.6 is 0 Å². The molecule has 21 heavy (non-hydrogen) atoms.